The molecule has 0 fully saturated rings. The molecule has 0 amide bonds. The molecule has 0 aromatic heterocycles. The molecule has 3 heteroatoms. The lowest BCUT2D eigenvalue weighted by Gasteiger charge is -2.09. The molecule has 0 radical (unpaired) electrons. The normalized spacial score (nSPS) is 13.7. The van der Waals surface area contributed by atoms with Crippen LogP contribution in [0.3, 0.4) is 0 Å². The number of carbonyl (C=O) groups is 1. The van der Waals surface area contributed by atoms with Gasteiger partial charge in [0.2, 0.25) is 0 Å². The van der Waals surface area contributed by atoms with Crippen LogP contribution in [-0.4, -0.2) is 32.7 Å². The Morgan fingerprint density at radius 1 is 1.55 bits per heavy atom. The summed E-state index contributed by atoms with van der Waals surface area (Å²) in [5, 5.41) is 0. The minimum Gasteiger partial charge on any atom is -0.381 e. The van der Waals surface area contributed by atoms with Gasteiger partial charge in [0, 0.05) is 14.2 Å². The van der Waals surface area contributed by atoms with Crippen LogP contribution in [-0.2, 0) is 14.3 Å². The second-order valence-electron chi connectivity index (χ2n) is 2.08. The van der Waals surface area contributed by atoms with E-state index in [-0.39, 0.29) is 5.78 Å². The number of hydrogen-bond donors (Lipinski definition) is 0. The summed E-state index contributed by atoms with van der Waals surface area (Å²) in [6, 6.07) is 0. The third-order valence-corrected chi connectivity index (χ3v) is 1.25. The summed E-state index contributed by atoms with van der Waals surface area (Å²) >= 11 is 0. The van der Waals surface area contributed by atoms with E-state index >= 15 is 0 Å². The van der Waals surface area contributed by atoms with Crippen LogP contribution in [0, 0.1) is 0 Å². The SMILES string of the molecule is C/C=C/C(=O)C(COC)OC. The second kappa shape index (κ2) is 6.07. The smallest absolute Gasteiger partial charge is 0.186 e. The van der Waals surface area contributed by atoms with Crippen molar-refractivity contribution >= 4 is 5.78 Å². The van der Waals surface area contributed by atoms with Gasteiger partial charge >= 0.3 is 0 Å². The molecule has 11 heavy (non-hydrogen) atoms. The summed E-state index contributed by atoms with van der Waals surface area (Å²) in [4.78, 5) is 11.1. The topological polar surface area (TPSA) is 35.5 Å². The molecule has 3 nitrogen and oxygen atoms in total. The molecule has 1 atom stereocenters. The zero-order chi connectivity index (χ0) is 8.69. The highest BCUT2D eigenvalue weighted by atomic mass is 16.5. The molecule has 0 rings (SSSR count). The number of ether oxygens (including phenoxy) is 2. The van der Waals surface area contributed by atoms with Gasteiger partial charge in [-0.15, -0.1) is 0 Å². The van der Waals surface area contributed by atoms with Gasteiger partial charge in [0.25, 0.3) is 0 Å². The van der Waals surface area contributed by atoms with E-state index in [2.05, 4.69) is 0 Å². The molecule has 0 saturated carbocycles. The Labute approximate surface area is 67.0 Å². The van der Waals surface area contributed by atoms with E-state index < -0.39 is 6.10 Å². The summed E-state index contributed by atoms with van der Waals surface area (Å²) in [7, 11) is 3.03. The van der Waals surface area contributed by atoms with E-state index in [1.807, 2.05) is 0 Å². The van der Waals surface area contributed by atoms with Crippen LogP contribution < -0.4 is 0 Å². The molecule has 0 aliphatic carbocycles. The van der Waals surface area contributed by atoms with Gasteiger partial charge in [0.15, 0.2) is 5.78 Å². The number of carbonyl (C=O) groups excluding carboxylic acids is 1. The lowest BCUT2D eigenvalue weighted by atomic mass is 10.2. The number of ketones is 1. The average Bonchev–Trinajstić information content (AvgIpc) is 2.00. The molecule has 0 bridgehead atoms. The van der Waals surface area contributed by atoms with Crippen LogP contribution in [0.15, 0.2) is 12.2 Å². The molecule has 0 heterocycles. The van der Waals surface area contributed by atoms with Crippen LogP contribution in [0.2, 0.25) is 0 Å². The quantitative estimate of drug-likeness (QED) is 0.555. The van der Waals surface area contributed by atoms with Crippen LogP contribution in [0.1, 0.15) is 6.92 Å². The van der Waals surface area contributed by atoms with Gasteiger partial charge in [-0.2, -0.15) is 0 Å². The maximum absolute atomic E-state index is 11.1. The standard InChI is InChI=1S/C8H14O3/c1-4-5-7(9)8(11-3)6-10-2/h4-5,8H,6H2,1-3H3/b5-4+. The predicted octanol–water partition coefficient (Wildman–Crippen LogP) is 0.793. The first-order chi connectivity index (χ1) is 5.26. The van der Waals surface area contributed by atoms with Crippen molar-refractivity contribution in [2.24, 2.45) is 0 Å². The highest BCUT2D eigenvalue weighted by Gasteiger charge is 2.13. The lowest BCUT2D eigenvalue weighted by Crippen LogP contribution is -2.26. The third kappa shape index (κ3) is 3.91. The van der Waals surface area contributed by atoms with E-state index in [4.69, 9.17) is 9.47 Å². The van der Waals surface area contributed by atoms with E-state index in [1.165, 1.54) is 20.3 Å². The zero-order valence-electron chi connectivity index (χ0n) is 7.16. The van der Waals surface area contributed by atoms with Crippen molar-refractivity contribution in [1.82, 2.24) is 0 Å². The molecular weight excluding hydrogens is 144 g/mol. The summed E-state index contributed by atoms with van der Waals surface area (Å²) in [6.07, 6.45) is 2.70. The Kier molecular flexibility index (Phi) is 5.70. The van der Waals surface area contributed by atoms with Gasteiger partial charge < -0.3 is 9.47 Å². The third-order valence-electron chi connectivity index (χ3n) is 1.25. The van der Waals surface area contributed by atoms with E-state index in [0.29, 0.717) is 6.61 Å². The molecule has 0 aromatic carbocycles. The largest absolute Gasteiger partial charge is 0.381 e. The Bertz CT molecular complexity index is 140. The number of rotatable bonds is 5. The lowest BCUT2D eigenvalue weighted by molar-refractivity contribution is -0.126. The zero-order valence-corrected chi connectivity index (χ0v) is 7.16. The summed E-state index contributed by atoms with van der Waals surface area (Å²) < 4.78 is 9.66. The Balaban J connectivity index is 3.91. The van der Waals surface area contributed by atoms with Gasteiger partial charge in [-0.3, -0.25) is 4.79 Å². The van der Waals surface area contributed by atoms with Gasteiger partial charge in [0.05, 0.1) is 6.61 Å². The van der Waals surface area contributed by atoms with Gasteiger partial charge in [-0.1, -0.05) is 6.08 Å². The Hall–Kier alpha value is -0.670. The van der Waals surface area contributed by atoms with E-state index in [9.17, 15) is 4.79 Å². The average molecular weight is 158 g/mol. The fraction of sp³-hybridized carbons (Fsp3) is 0.625. The number of methoxy groups -OCH3 is 2. The van der Waals surface area contributed by atoms with Crippen LogP contribution in [0.5, 0.6) is 0 Å². The van der Waals surface area contributed by atoms with Crippen molar-refractivity contribution in [2.75, 3.05) is 20.8 Å². The molecule has 0 aromatic rings. The molecule has 0 spiro atoms. The van der Waals surface area contributed by atoms with E-state index in [1.54, 1.807) is 13.0 Å². The van der Waals surface area contributed by atoms with Gasteiger partial charge in [0.1, 0.15) is 6.10 Å². The molecule has 0 aliphatic heterocycles. The second-order valence-corrected chi connectivity index (χ2v) is 2.08. The van der Waals surface area contributed by atoms with Crippen molar-refractivity contribution in [3.63, 3.8) is 0 Å². The number of allylic oxidation sites excluding steroid dienone is 1. The van der Waals surface area contributed by atoms with Crippen molar-refractivity contribution in [2.45, 2.75) is 13.0 Å². The summed E-state index contributed by atoms with van der Waals surface area (Å²) in [5.41, 5.74) is 0. The molecule has 0 aliphatic rings. The van der Waals surface area contributed by atoms with Gasteiger partial charge in [-0.05, 0) is 13.0 Å². The summed E-state index contributed by atoms with van der Waals surface area (Å²) in [6.45, 7) is 2.09. The highest BCUT2D eigenvalue weighted by Crippen LogP contribution is 1.94. The van der Waals surface area contributed by atoms with Crippen molar-refractivity contribution in [3.05, 3.63) is 12.2 Å². The van der Waals surface area contributed by atoms with Crippen molar-refractivity contribution < 1.29 is 14.3 Å². The first-order valence-electron chi connectivity index (χ1n) is 3.44. The molecular formula is C8H14O3. The minimum absolute atomic E-state index is 0.0585. The fourth-order valence-corrected chi connectivity index (χ4v) is 0.689. The first kappa shape index (κ1) is 10.3. The van der Waals surface area contributed by atoms with Crippen molar-refractivity contribution in [1.29, 1.82) is 0 Å². The monoisotopic (exact) mass is 158 g/mol. The van der Waals surface area contributed by atoms with Crippen LogP contribution in [0.4, 0.5) is 0 Å². The minimum atomic E-state index is -0.462. The fourth-order valence-electron chi connectivity index (χ4n) is 0.689. The van der Waals surface area contributed by atoms with Crippen molar-refractivity contribution in [3.8, 4) is 0 Å². The highest BCUT2D eigenvalue weighted by molar-refractivity contribution is 5.93. The van der Waals surface area contributed by atoms with Gasteiger partial charge in [-0.25, -0.2) is 0 Å². The van der Waals surface area contributed by atoms with Crippen LogP contribution >= 0.6 is 0 Å². The Morgan fingerprint density at radius 2 is 2.18 bits per heavy atom. The predicted molar refractivity (Wildman–Crippen MR) is 42.5 cm³/mol. The van der Waals surface area contributed by atoms with E-state index in [0.717, 1.165) is 0 Å². The number of hydrogen-bond acceptors (Lipinski definition) is 3. The summed E-state index contributed by atoms with van der Waals surface area (Å²) in [5.74, 6) is -0.0585. The maximum Gasteiger partial charge on any atom is 0.186 e. The molecule has 64 valence electrons. The van der Waals surface area contributed by atoms with Crippen LogP contribution in [0.25, 0.3) is 0 Å². The molecule has 1 unspecified atom stereocenters. The Morgan fingerprint density at radius 3 is 2.55 bits per heavy atom. The molecule has 0 saturated heterocycles. The maximum atomic E-state index is 11.1. The molecule has 0 N–H and O–H groups in total. The first-order valence-corrected chi connectivity index (χ1v) is 3.44.